The van der Waals surface area contributed by atoms with Gasteiger partial charge in [0.1, 0.15) is 5.75 Å². The van der Waals surface area contributed by atoms with Gasteiger partial charge in [-0.1, -0.05) is 37.9 Å². The van der Waals surface area contributed by atoms with Crippen LogP contribution in [-0.4, -0.2) is 0 Å². The molecule has 0 aromatic heterocycles. The first-order valence-corrected chi connectivity index (χ1v) is 7.78. The molecule has 0 heterocycles. The van der Waals surface area contributed by atoms with Crippen LogP contribution < -0.4 is 4.74 Å². The number of ether oxygens (including phenoxy) is 1. The van der Waals surface area contributed by atoms with Gasteiger partial charge >= 0.3 is 0 Å². The first kappa shape index (κ1) is 14.0. The van der Waals surface area contributed by atoms with E-state index in [0.717, 1.165) is 15.4 Å². The maximum Gasteiger partial charge on any atom is 0.166 e. The largest absolute Gasteiger partial charge is 0.453 e. The normalized spacial score (nSPS) is 10.4. The fourth-order valence-corrected chi connectivity index (χ4v) is 2.58. The van der Waals surface area contributed by atoms with Gasteiger partial charge in [0.2, 0.25) is 0 Å². The second-order valence-corrected chi connectivity index (χ2v) is 5.91. The Morgan fingerprint density at radius 1 is 1.00 bits per heavy atom. The third-order valence-electron chi connectivity index (χ3n) is 2.26. The monoisotopic (exact) mass is 436 g/mol. The molecule has 0 aliphatic carbocycles. The summed E-state index contributed by atoms with van der Waals surface area (Å²) < 4.78 is 20.6. The van der Waals surface area contributed by atoms with Gasteiger partial charge in [-0.25, -0.2) is 4.39 Å². The minimum atomic E-state index is -0.402. The predicted molar refractivity (Wildman–Crippen MR) is 80.9 cm³/mol. The Hall–Kier alpha value is -0.390. The van der Waals surface area contributed by atoms with Crippen LogP contribution in [-0.2, 0) is 5.33 Å². The smallest absolute Gasteiger partial charge is 0.166 e. The Morgan fingerprint density at radius 2 is 1.72 bits per heavy atom. The molecule has 0 atom stereocenters. The van der Waals surface area contributed by atoms with Crippen LogP contribution in [0.25, 0.3) is 0 Å². The lowest BCUT2D eigenvalue weighted by molar-refractivity contribution is 0.439. The molecule has 5 heteroatoms. The average Bonchev–Trinajstić information content (AvgIpc) is 2.34. The zero-order valence-corrected chi connectivity index (χ0v) is 13.8. The van der Waals surface area contributed by atoms with Crippen molar-refractivity contribution >= 4 is 47.8 Å². The summed E-state index contributed by atoms with van der Waals surface area (Å²) in [6.07, 6.45) is 0. The highest BCUT2D eigenvalue weighted by atomic mass is 79.9. The van der Waals surface area contributed by atoms with Crippen molar-refractivity contribution in [2.45, 2.75) is 5.33 Å². The molecule has 0 unspecified atom stereocenters. The van der Waals surface area contributed by atoms with Gasteiger partial charge in [-0.15, -0.1) is 0 Å². The Labute approximate surface area is 130 Å². The molecule has 0 spiro atoms. The maximum absolute atomic E-state index is 13.6. The van der Waals surface area contributed by atoms with E-state index in [0.29, 0.717) is 10.2 Å². The van der Waals surface area contributed by atoms with Crippen LogP contribution in [0.3, 0.4) is 0 Å². The lowest BCUT2D eigenvalue weighted by atomic mass is 10.2. The molecule has 2 aromatic carbocycles. The summed E-state index contributed by atoms with van der Waals surface area (Å²) >= 11 is 9.99. The topological polar surface area (TPSA) is 9.23 Å². The lowest BCUT2D eigenvalue weighted by Crippen LogP contribution is -1.90. The quantitative estimate of drug-likeness (QED) is 0.531. The fourth-order valence-electron chi connectivity index (χ4n) is 1.39. The molecule has 0 saturated heterocycles. The zero-order chi connectivity index (χ0) is 13.1. The van der Waals surface area contributed by atoms with Crippen LogP contribution in [0, 0.1) is 5.82 Å². The molecular weight excluding hydrogens is 431 g/mol. The maximum atomic E-state index is 13.6. The minimum Gasteiger partial charge on any atom is -0.453 e. The van der Waals surface area contributed by atoms with Gasteiger partial charge in [0, 0.05) is 9.80 Å². The molecular formula is C13H8Br3FO. The lowest BCUT2D eigenvalue weighted by Gasteiger charge is -2.09. The fraction of sp³-hybridized carbons (Fsp3) is 0.0769. The number of hydrogen-bond donors (Lipinski definition) is 0. The molecule has 0 saturated carbocycles. The summed E-state index contributed by atoms with van der Waals surface area (Å²) in [4.78, 5) is 0. The van der Waals surface area contributed by atoms with Crippen LogP contribution in [0.5, 0.6) is 11.5 Å². The van der Waals surface area contributed by atoms with Gasteiger partial charge in [0.05, 0.1) is 4.47 Å². The standard InChI is InChI=1S/C13H8Br3FO/c14-7-8-1-3-12(10(16)5-8)18-13-4-2-9(15)6-11(13)17/h1-6H,7H2. The van der Waals surface area contributed by atoms with Crippen molar-refractivity contribution < 1.29 is 9.13 Å². The zero-order valence-electron chi connectivity index (χ0n) is 9.09. The van der Waals surface area contributed by atoms with Crippen LogP contribution >= 0.6 is 47.8 Å². The first-order chi connectivity index (χ1) is 8.60. The Bertz CT molecular complexity index is 572. The van der Waals surface area contributed by atoms with E-state index in [1.807, 2.05) is 18.2 Å². The molecule has 0 bridgehead atoms. The van der Waals surface area contributed by atoms with Gasteiger partial charge in [-0.3, -0.25) is 0 Å². The van der Waals surface area contributed by atoms with Crippen molar-refractivity contribution in [1.82, 2.24) is 0 Å². The second kappa shape index (κ2) is 6.17. The molecule has 0 amide bonds. The Kier molecular flexibility index (Phi) is 4.81. The average molecular weight is 439 g/mol. The van der Waals surface area contributed by atoms with Crippen molar-refractivity contribution in [1.29, 1.82) is 0 Å². The number of alkyl halides is 1. The van der Waals surface area contributed by atoms with E-state index >= 15 is 0 Å². The molecule has 94 valence electrons. The van der Waals surface area contributed by atoms with Gasteiger partial charge in [-0.2, -0.15) is 0 Å². The molecule has 0 fully saturated rings. The third kappa shape index (κ3) is 3.33. The van der Waals surface area contributed by atoms with Gasteiger partial charge in [-0.05, 0) is 51.8 Å². The molecule has 0 radical (unpaired) electrons. The number of halogens is 4. The van der Waals surface area contributed by atoms with E-state index < -0.39 is 5.82 Å². The third-order valence-corrected chi connectivity index (χ3v) is 4.02. The van der Waals surface area contributed by atoms with E-state index in [2.05, 4.69) is 47.8 Å². The molecule has 0 aliphatic rings. The summed E-state index contributed by atoms with van der Waals surface area (Å²) in [5.74, 6) is 0.382. The van der Waals surface area contributed by atoms with Crippen LogP contribution in [0.15, 0.2) is 45.3 Å². The van der Waals surface area contributed by atoms with E-state index in [9.17, 15) is 4.39 Å². The Balaban J connectivity index is 2.28. The Morgan fingerprint density at radius 3 is 2.33 bits per heavy atom. The highest BCUT2D eigenvalue weighted by molar-refractivity contribution is 9.11. The molecule has 0 N–H and O–H groups in total. The van der Waals surface area contributed by atoms with E-state index in [4.69, 9.17) is 4.74 Å². The predicted octanol–water partition coefficient (Wildman–Crippen LogP) is 6.04. The van der Waals surface area contributed by atoms with E-state index in [-0.39, 0.29) is 5.75 Å². The molecule has 2 rings (SSSR count). The summed E-state index contributed by atoms with van der Waals surface area (Å²) in [5, 5.41) is 0.762. The van der Waals surface area contributed by atoms with Gasteiger partial charge in [0.15, 0.2) is 11.6 Å². The summed E-state index contributed by atoms with van der Waals surface area (Å²) in [6, 6.07) is 10.4. The van der Waals surface area contributed by atoms with Crippen molar-refractivity contribution in [3.8, 4) is 11.5 Å². The van der Waals surface area contributed by atoms with Gasteiger partial charge in [0.25, 0.3) is 0 Å². The summed E-state index contributed by atoms with van der Waals surface area (Å²) in [7, 11) is 0. The van der Waals surface area contributed by atoms with E-state index in [1.54, 1.807) is 12.1 Å². The molecule has 2 aromatic rings. The SMILES string of the molecule is Fc1cc(Br)ccc1Oc1ccc(CBr)cc1Br. The van der Waals surface area contributed by atoms with Crippen molar-refractivity contribution in [2.24, 2.45) is 0 Å². The van der Waals surface area contributed by atoms with Crippen molar-refractivity contribution in [3.05, 3.63) is 56.7 Å². The molecule has 0 aliphatic heterocycles. The van der Waals surface area contributed by atoms with Gasteiger partial charge < -0.3 is 4.74 Å². The summed E-state index contributed by atoms with van der Waals surface area (Å²) in [5.41, 5.74) is 1.12. The molecule has 1 nitrogen and oxygen atoms in total. The highest BCUT2D eigenvalue weighted by Crippen LogP contribution is 2.33. The van der Waals surface area contributed by atoms with E-state index in [1.165, 1.54) is 6.07 Å². The number of hydrogen-bond acceptors (Lipinski definition) is 1. The van der Waals surface area contributed by atoms with Crippen LogP contribution in [0.2, 0.25) is 0 Å². The number of rotatable bonds is 3. The van der Waals surface area contributed by atoms with Crippen LogP contribution in [0.1, 0.15) is 5.56 Å². The highest BCUT2D eigenvalue weighted by Gasteiger charge is 2.08. The first-order valence-electron chi connectivity index (χ1n) is 5.07. The minimum absolute atomic E-state index is 0.200. The number of benzene rings is 2. The second-order valence-electron chi connectivity index (χ2n) is 3.58. The molecule has 18 heavy (non-hydrogen) atoms. The van der Waals surface area contributed by atoms with Crippen molar-refractivity contribution in [3.63, 3.8) is 0 Å². The van der Waals surface area contributed by atoms with Crippen LogP contribution in [0.4, 0.5) is 4.39 Å². The van der Waals surface area contributed by atoms with Crippen molar-refractivity contribution in [2.75, 3.05) is 0 Å². The summed E-state index contributed by atoms with van der Waals surface area (Å²) in [6.45, 7) is 0.